The molecule has 0 radical (unpaired) electrons. The van der Waals surface area contributed by atoms with Gasteiger partial charge in [0.15, 0.2) is 0 Å². The first kappa shape index (κ1) is 16.6. The van der Waals surface area contributed by atoms with Crippen molar-refractivity contribution in [3.05, 3.63) is 17.7 Å². The van der Waals surface area contributed by atoms with Gasteiger partial charge in [0.25, 0.3) is 0 Å². The van der Waals surface area contributed by atoms with E-state index >= 15 is 0 Å². The number of pyridine rings is 1. The van der Waals surface area contributed by atoms with E-state index in [9.17, 15) is 13.2 Å². The van der Waals surface area contributed by atoms with Crippen LogP contribution in [0.15, 0.2) is 32.5 Å². The Hall–Kier alpha value is -2.22. The number of hydrogen-bond donors (Lipinski definition) is 0. The van der Waals surface area contributed by atoms with Gasteiger partial charge in [-0.3, -0.25) is 0 Å². The lowest BCUT2D eigenvalue weighted by molar-refractivity contribution is -0.140. The molecule has 3 aromatic heterocycles. The van der Waals surface area contributed by atoms with Crippen molar-refractivity contribution in [1.29, 1.82) is 0 Å². The maximum absolute atomic E-state index is 13.2. The van der Waals surface area contributed by atoms with Gasteiger partial charge in [-0.15, -0.1) is 10.2 Å². The zero-order chi connectivity index (χ0) is 17.3. The Bertz CT molecular complexity index is 859. The van der Waals surface area contributed by atoms with Gasteiger partial charge in [0, 0.05) is 14.1 Å². The van der Waals surface area contributed by atoms with Crippen LogP contribution in [0.5, 0.6) is 0 Å². The molecule has 0 aliphatic heterocycles. The van der Waals surface area contributed by atoms with Gasteiger partial charge in [-0.05, 0) is 56.5 Å². The maximum Gasteiger partial charge on any atom is 0.419 e. The molecule has 0 fully saturated rings. The Morgan fingerprint density at radius 3 is 2.00 bits per heavy atom. The number of nitrogens with zero attached hydrogens (tertiary/aromatic N) is 9. The summed E-state index contributed by atoms with van der Waals surface area (Å²) in [7, 11) is 3.15. The van der Waals surface area contributed by atoms with Crippen molar-refractivity contribution in [2.45, 2.75) is 26.5 Å². The molecule has 0 atom stereocenters. The minimum absolute atomic E-state index is 0.190. The predicted molar refractivity (Wildman–Crippen MR) is 75.1 cm³/mol. The highest BCUT2D eigenvalue weighted by Crippen LogP contribution is 2.39. The summed E-state index contributed by atoms with van der Waals surface area (Å²) in [5.41, 5.74) is -0.865. The summed E-state index contributed by atoms with van der Waals surface area (Å²) in [5.74, 6) is 0. The summed E-state index contributed by atoms with van der Waals surface area (Å²) in [6.45, 7) is 0. The quantitative estimate of drug-likeness (QED) is 0.670. The lowest BCUT2D eigenvalue weighted by Gasteiger charge is -2.12. The molecule has 3 rings (SSSR count). The van der Waals surface area contributed by atoms with Gasteiger partial charge in [-0.2, -0.15) is 13.2 Å². The molecule has 0 spiro atoms. The number of alkyl halides is 3. The van der Waals surface area contributed by atoms with Crippen LogP contribution >= 0.6 is 23.5 Å². The lowest BCUT2D eigenvalue weighted by Crippen LogP contribution is -2.09. The predicted octanol–water partition coefficient (Wildman–Crippen LogP) is 1.45. The van der Waals surface area contributed by atoms with E-state index in [1.54, 1.807) is 7.05 Å². The average molecular weight is 375 g/mol. The summed E-state index contributed by atoms with van der Waals surface area (Å²) < 4.78 is 42.2. The van der Waals surface area contributed by atoms with E-state index in [1.165, 1.54) is 22.5 Å². The number of aryl methyl sites for hydroxylation is 2. The van der Waals surface area contributed by atoms with Crippen LogP contribution in [0, 0.1) is 0 Å². The molecule has 0 unspecified atom stereocenters. The molecule has 0 aliphatic rings. The topological polar surface area (TPSA) is 100 Å². The summed E-state index contributed by atoms with van der Waals surface area (Å²) in [4.78, 5) is 4.06. The lowest BCUT2D eigenvalue weighted by atomic mass is 10.3. The molecule has 126 valence electrons. The van der Waals surface area contributed by atoms with E-state index in [4.69, 9.17) is 0 Å². The highest BCUT2D eigenvalue weighted by molar-refractivity contribution is 7.99. The van der Waals surface area contributed by atoms with Gasteiger partial charge < -0.3 is 0 Å². The van der Waals surface area contributed by atoms with E-state index in [2.05, 4.69) is 36.0 Å². The first-order chi connectivity index (χ1) is 11.3. The van der Waals surface area contributed by atoms with Crippen molar-refractivity contribution in [3.63, 3.8) is 0 Å². The third-order valence-electron chi connectivity index (χ3n) is 2.69. The summed E-state index contributed by atoms with van der Waals surface area (Å²) in [5, 5.41) is 22.2. The van der Waals surface area contributed by atoms with Gasteiger partial charge in [0.2, 0.25) is 10.3 Å². The molecule has 24 heavy (non-hydrogen) atoms. The van der Waals surface area contributed by atoms with Crippen molar-refractivity contribution < 1.29 is 13.2 Å². The van der Waals surface area contributed by atoms with Gasteiger partial charge in [0.05, 0.1) is 5.56 Å². The second kappa shape index (κ2) is 6.35. The molecule has 14 heteroatoms. The molecular formula is C10H8F3N9S2. The zero-order valence-electron chi connectivity index (χ0n) is 12.1. The normalized spacial score (nSPS) is 11.9. The van der Waals surface area contributed by atoms with Crippen LogP contribution in [-0.2, 0) is 20.3 Å². The Labute approximate surface area is 141 Å². The molecule has 3 heterocycles. The average Bonchev–Trinajstić information content (AvgIpc) is 3.08. The van der Waals surface area contributed by atoms with Gasteiger partial charge in [0.1, 0.15) is 10.1 Å². The third-order valence-corrected chi connectivity index (χ3v) is 4.68. The summed E-state index contributed by atoms with van der Waals surface area (Å²) >= 11 is 1.78. The third kappa shape index (κ3) is 3.48. The number of halogens is 3. The fourth-order valence-corrected chi connectivity index (χ4v) is 3.19. The van der Waals surface area contributed by atoms with Crippen LogP contribution in [0.3, 0.4) is 0 Å². The first-order valence-corrected chi connectivity index (χ1v) is 7.86. The van der Waals surface area contributed by atoms with Crippen molar-refractivity contribution in [2.24, 2.45) is 14.1 Å². The summed E-state index contributed by atoms with van der Waals surface area (Å²) in [6.07, 6.45) is -4.54. The van der Waals surface area contributed by atoms with E-state index in [-0.39, 0.29) is 10.2 Å². The molecule has 0 aromatic carbocycles. The molecule has 0 aliphatic carbocycles. The van der Waals surface area contributed by atoms with Crippen LogP contribution in [0.4, 0.5) is 13.2 Å². The van der Waals surface area contributed by atoms with Crippen molar-refractivity contribution in [1.82, 2.24) is 45.4 Å². The molecule has 0 bridgehead atoms. The summed E-state index contributed by atoms with van der Waals surface area (Å²) in [6, 6.07) is 2.23. The monoisotopic (exact) mass is 375 g/mol. The van der Waals surface area contributed by atoms with Gasteiger partial charge in [-0.25, -0.2) is 14.3 Å². The maximum atomic E-state index is 13.2. The van der Waals surface area contributed by atoms with E-state index < -0.39 is 11.7 Å². The van der Waals surface area contributed by atoms with E-state index in [0.717, 1.165) is 29.6 Å². The Morgan fingerprint density at radius 2 is 1.50 bits per heavy atom. The molecule has 9 nitrogen and oxygen atoms in total. The fraction of sp³-hybridized carbons (Fsp3) is 0.300. The second-order valence-corrected chi connectivity index (χ2v) is 6.32. The minimum Gasteiger partial charge on any atom is -0.234 e. The molecule has 3 aromatic rings. The highest BCUT2D eigenvalue weighted by atomic mass is 32.2. The molecule has 0 saturated carbocycles. The van der Waals surface area contributed by atoms with Crippen LogP contribution in [0.2, 0.25) is 0 Å². The minimum atomic E-state index is -4.54. The largest absolute Gasteiger partial charge is 0.419 e. The SMILES string of the molecule is Cn1nnnc1Sc1ccc(C(F)(F)F)c(Sc2nnnn2C)n1. The second-order valence-electron chi connectivity index (χ2n) is 4.37. The molecule has 0 saturated heterocycles. The van der Waals surface area contributed by atoms with Crippen LogP contribution in [-0.4, -0.2) is 45.4 Å². The molecule has 0 N–H and O–H groups in total. The van der Waals surface area contributed by atoms with Gasteiger partial charge >= 0.3 is 6.18 Å². The Kier molecular flexibility index (Phi) is 4.40. The highest BCUT2D eigenvalue weighted by Gasteiger charge is 2.35. The fourth-order valence-electron chi connectivity index (χ4n) is 1.57. The molecular weight excluding hydrogens is 367 g/mol. The van der Waals surface area contributed by atoms with E-state index in [1.807, 2.05) is 0 Å². The number of rotatable bonds is 4. The van der Waals surface area contributed by atoms with Crippen LogP contribution in [0.25, 0.3) is 0 Å². The van der Waals surface area contributed by atoms with Crippen molar-refractivity contribution >= 4 is 23.5 Å². The van der Waals surface area contributed by atoms with Crippen LogP contribution < -0.4 is 0 Å². The van der Waals surface area contributed by atoms with Gasteiger partial charge in [-0.1, -0.05) is 0 Å². The van der Waals surface area contributed by atoms with Crippen LogP contribution in [0.1, 0.15) is 5.56 Å². The number of tetrazole rings is 2. The Morgan fingerprint density at radius 1 is 0.917 bits per heavy atom. The zero-order valence-corrected chi connectivity index (χ0v) is 13.8. The standard InChI is InChI=1S/C10H8F3N9S2/c1-21-8(15-17-19-21)23-6-4-3-5(10(11,12)13)7(14-6)24-9-16-18-20-22(9)2/h3-4H,1-2H3. The van der Waals surface area contributed by atoms with Crippen molar-refractivity contribution in [3.8, 4) is 0 Å². The number of aromatic nitrogens is 9. The van der Waals surface area contributed by atoms with Crippen molar-refractivity contribution in [2.75, 3.05) is 0 Å². The first-order valence-electron chi connectivity index (χ1n) is 6.23. The Balaban J connectivity index is 1.97. The molecule has 0 amide bonds. The number of hydrogen-bond acceptors (Lipinski definition) is 9. The smallest absolute Gasteiger partial charge is 0.234 e. The van der Waals surface area contributed by atoms with E-state index in [0.29, 0.717) is 10.2 Å².